The van der Waals surface area contributed by atoms with Gasteiger partial charge in [0.1, 0.15) is 9.84 Å². The zero-order valence-corrected chi connectivity index (χ0v) is 10.7. The Morgan fingerprint density at radius 1 is 1.13 bits per heavy atom. The molecule has 0 saturated carbocycles. The zero-order chi connectivity index (χ0) is 12.3. The number of hydrogen-bond donors (Lipinski definition) is 2. The molecule has 6 nitrogen and oxygen atoms in total. The van der Waals surface area contributed by atoms with Gasteiger partial charge < -0.3 is 5.11 Å². The number of sulfonamides is 1. The van der Waals surface area contributed by atoms with Gasteiger partial charge in [-0.25, -0.2) is 21.6 Å². The Morgan fingerprint density at radius 3 is 1.93 bits per heavy atom. The maximum absolute atomic E-state index is 11.2. The summed E-state index contributed by atoms with van der Waals surface area (Å²) in [5.41, 5.74) is -1.15. The molecule has 0 aliphatic rings. The Hall–Kier alpha value is -0.180. The van der Waals surface area contributed by atoms with E-state index in [1.54, 1.807) is 0 Å². The molecule has 0 bridgehead atoms. The number of sulfone groups is 1. The van der Waals surface area contributed by atoms with Crippen LogP contribution in [0.5, 0.6) is 0 Å². The molecule has 92 valence electrons. The Labute approximate surface area is 90.7 Å². The van der Waals surface area contributed by atoms with Crippen molar-refractivity contribution in [3.05, 3.63) is 0 Å². The maximum Gasteiger partial charge on any atom is 0.212 e. The van der Waals surface area contributed by atoms with Crippen LogP contribution in [0.15, 0.2) is 0 Å². The highest BCUT2D eigenvalue weighted by Gasteiger charge is 2.19. The van der Waals surface area contributed by atoms with Crippen LogP contribution < -0.4 is 4.72 Å². The molecular weight excluding hydrogens is 242 g/mol. The highest BCUT2D eigenvalue weighted by Crippen LogP contribution is 1.99. The fourth-order valence-electron chi connectivity index (χ4n) is 0.620. The van der Waals surface area contributed by atoms with Gasteiger partial charge in [0.2, 0.25) is 10.0 Å². The number of hydrogen-bond acceptors (Lipinski definition) is 5. The Morgan fingerprint density at radius 2 is 1.60 bits per heavy atom. The second-order valence-electron chi connectivity index (χ2n) is 4.08. The van der Waals surface area contributed by atoms with E-state index in [4.69, 9.17) is 0 Å². The van der Waals surface area contributed by atoms with Crippen molar-refractivity contribution < 1.29 is 21.9 Å². The molecule has 0 aromatic rings. The van der Waals surface area contributed by atoms with Crippen molar-refractivity contribution in [2.45, 2.75) is 19.4 Å². The molecule has 0 aliphatic carbocycles. The van der Waals surface area contributed by atoms with Crippen LogP contribution in [0.25, 0.3) is 0 Å². The SMILES string of the molecule is CC(C)(O)CNS(=O)(=O)CCS(C)(=O)=O. The lowest BCUT2D eigenvalue weighted by molar-refractivity contribution is 0.0857. The zero-order valence-electron chi connectivity index (χ0n) is 9.02. The predicted octanol–water partition coefficient (Wildman–Crippen LogP) is -1.28. The van der Waals surface area contributed by atoms with Crippen molar-refractivity contribution in [3.63, 3.8) is 0 Å². The van der Waals surface area contributed by atoms with Crippen LogP contribution in [0.4, 0.5) is 0 Å². The van der Waals surface area contributed by atoms with Gasteiger partial charge in [-0.3, -0.25) is 0 Å². The van der Waals surface area contributed by atoms with Crippen molar-refractivity contribution >= 4 is 19.9 Å². The first-order valence-corrected chi connectivity index (χ1v) is 8.00. The van der Waals surface area contributed by atoms with Gasteiger partial charge in [0.15, 0.2) is 0 Å². The summed E-state index contributed by atoms with van der Waals surface area (Å²) in [4.78, 5) is 0. The van der Waals surface area contributed by atoms with E-state index in [9.17, 15) is 21.9 Å². The van der Waals surface area contributed by atoms with Crippen LogP contribution >= 0.6 is 0 Å². The summed E-state index contributed by atoms with van der Waals surface area (Å²) >= 11 is 0. The number of rotatable bonds is 6. The van der Waals surface area contributed by atoms with Crippen LogP contribution in [0.2, 0.25) is 0 Å². The van der Waals surface area contributed by atoms with Crippen molar-refractivity contribution in [1.29, 1.82) is 0 Å². The fraction of sp³-hybridized carbons (Fsp3) is 1.00. The number of nitrogens with one attached hydrogen (secondary N) is 1. The van der Waals surface area contributed by atoms with Gasteiger partial charge in [-0.1, -0.05) is 0 Å². The molecule has 0 spiro atoms. The van der Waals surface area contributed by atoms with Crippen molar-refractivity contribution in [1.82, 2.24) is 4.72 Å². The van der Waals surface area contributed by atoms with Crippen LogP contribution in [0, 0.1) is 0 Å². The summed E-state index contributed by atoms with van der Waals surface area (Å²) in [6.45, 7) is 2.76. The molecule has 0 aromatic carbocycles. The molecule has 0 heterocycles. The summed E-state index contributed by atoms with van der Waals surface area (Å²) in [6.07, 6.45) is 0.971. The van der Waals surface area contributed by atoms with Gasteiger partial charge in [-0.15, -0.1) is 0 Å². The molecule has 0 aliphatic heterocycles. The van der Waals surface area contributed by atoms with E-state index in [0.29, 0.717) is 0 Å². The normalized spacial score (nSPS) is 14.1. The predicted molar refractivity (Wildman–Crippen MR) is 57.8 cm³/mol. The molecule has 0 amide bonds. The first kappa shape index (κ1) is 14.8. The Balaban J connectivity index is 4.23. The minimum Gasteiger partial charge on any atom is -0.389 e. The van der Waals surface area contributed by atoms with Crippen LogP contribution in [-0.2, 0) is 19.9 Å². The minimum atomic E-state index is -3.64. The molecule has 0 rings (SSSR count). The molecule has 15 heavy (non-hydrogen) atoms. The maximum atomic E-state index is 11.2. The first-order valence-electron chi connectivity index (χ1n) is 4.29. The monoisotopic (exact) mass is 259 g/mol. The van der Waals surface area contributed by atoms with E-state index >= 15 is 0 Å². The smallest absolute Gasteiger partial charge is 0.212 e. The van der Waals surface area contributed by atoms with E-state index in [1.165, 1.54) is 13.8 Å². The van der Waals surface area contributed by atoms with Gasteiger partial charge in [-0.2, -0.15) is 0 Å². The third-order valence-electron chi connectivity index (χ3n) is 1.45. The van der Waals surface area contributed by atoms with Gasteiger partial charge in [-0.05, 0) is 13.8 Å². The molecule has 0 radical (unpaired) electrons. The van der Waals surface area contributed by atoms with Crippen molar-refractivity contribution in [3.8, 4) is 0 Å². The molecule has 0 aromatic heterocycles. The Bertz CT molecular complexity index is 390. The second-order valence-corrected chi connectivity index (χ2v) is 8.27. The molecule has 0 fully saturated rings. The van der Waals surface area contributed by atoms with Crippen LogP contribution in [0.3, 0.4) is 0 Å². The van der Waals surface area contributed by atoms with Crippen LogP contribution in [-0.4, -0.2) is 51.8 Å². The summed E-state index contributed by atoms with van der Waals surface area (Å²) in [5.74, 6) is -0.907. The number of aliphatic hydroxyl groups is 1. The van der Waals surface area contributed by atoms with Gasteiger partial charge in [0.25, 0.3) is 0 Å². The third kappa shape index (κ3) is 10.1. The van der Waals surface area contributed by atoms with Crippen molar-refractivity contribution in [2.75, 3.05) is 24.3 Å². The molecular formula is C7H17NO5S2. The average molecular weight is 259 g/mol. The van der Waals surface area contributed by atoms with Crippen molar-refractivity contribution in [2.24, 2.45) is 0 Å². The molecule has 0 unspecified atom stereocenters. The van der Waals surface area contributed by atoms with E-state index in [-0.39, 0.29) is 6.54 Å². The largest absolute Gasteiger partial charge is 0.389 e. The highest BCUT2D eigenvalue weighted by atomic mass is 32.2. The summed E-state index contributed by atoms with van der Waals surface area (Å²) in [7, 11) is -6.93. The van der Waals surface area contributed by atoms with E-state index in [1.807, 2.05) is 0 Å². The third-order valence-corrected chi connectivity index (χ3v) is 3.98. The van der Waals surface area contributed by atoms with E-state index in [0.717, 1.165) is 6.26 Å². The summed E-state index contributed by atoms with van der Waals surface area (Å²) in [6, 6.07) is 0. The Kier molecular flexibility index (Phi) is 4.71. The molecule has 2 N–H and O–H groups in total. The lowest BCUT2D eigenvalue weighted by Gasteiger charge is -2.17. The van der Waals surface area contributed by atoms with Gasteiger partial charge in [0, 0.05) is 12.8 Å². The fourth-order valence-corrected chi connectivity index (χ4v) is 3.43. The van der Waals surface area contributed by atoms with Gasteiger partial charge in [0.05, 0.1) is 17.1 Å². The summed E-state index contributed by atoms with van der Waals surface area (Å²) in [5, 5.41) is 9.26. The highest BCUT2D eigenvalue weighted by molar-refractivity contribution is 7.93. The molecule has 8 heteroatoms. The topological polar surface area (TPSA) is 101 Å². The van der Waals surface area contributed by atoms with E-state index < -0.39 is 37.0 Å². The van der Waals surface area contributed by atoms with Crippen LogP contribution in [0.1, 0.15) is 13.8 Å². The second kappa shape index (κ2) is 4.77. The lowest BCUT2D eigenvalue weighted by atomic mass is 10.1. The molecule has 0 atom stereocenters. The van der Waals surface area contributed by atoms with E-state index in [2.05, 4.69) is 4.72 Å². The summed E-state index contributed by atoms with van der Waals surface area (Å²) < 4.78 is 46.1. The lowest BCUT2D eigenvalue weighted by Crippen LogP contribution is -2.40. The first-order chi connectivity index (χ1) is 6.41. The molecule has 0 saturated heterocycles. The standard InChI is InChI=1S/C7H17NO5S2/c1-7(2,9)6-8-15(12,13)5-4-14(3,10)11/h8-9H,4-6H2,1-3H3. The minimum absolute atomic E-state index is 0.140. The quantitative estimate of drug-likeness (QED) is 0.619. The average Bonchev–Trinajstić information content (AvgIpc) is 1.96. The van der Waals surface area contributed by atoms with Gasteiger partial charge >= 0.3 is 0 Å².